The van der Waals surface area contributed by atoms with Crippen LogP contribution in [0.2, 0.25) is 0 Å². The van der Waals surface area contributed by atoms with E-state index in [9.17, 15) is 14.0 Å². The van der Waals surface area contributed by atoms with Crippen molar-refractivity contribution < 1.29 is 23.1 Å². The summed E-state index contributed by atoms with van der Waals surface area (Å²) in [5, 5.41) is 11.6. The van der Waals surface area contributed by atoms with Crippen LogP contribution in [0, 0.1) is 5.82 Å². The van der Waals surface area contributed by atoms with Crippen LogP contribution in [0.15, 0.2) is 77.4 Å². The minimum atomic E-state index is -0.837. The summed E-state index contributed by atoms with van der Waals surface area (Å²) in [6, 6.07) is 17.3. The highest BCUT2D eigenvalue weighted by Gasteiger charge is 2.22. The highest BCUT2D eigenvalue weighted by molar-refractivity contribution is 6.16. The Kier molecular flexibility index (Phi) is 5.75. The molecule has 0 saturated heterocycles. The molecule has 8 nitrogen and oxygen atoms in total. The van der Waals surface area contributed by atoms with Gasteiger partial charge in [-0.1, -0.05) is 30.3 Å². The maximum Gasteiger partial charge on any atom is 0.357 e. The van der Waals surface area contributed by atoms with Gasteiger partial charge in [0.1, 0.15) is 11.6 Å². The molecule has 0 N–H and O–H groups in total. The number of Topliss-reactive ketones (excluding diaryl/α,β-unsaturated/α-hetero) is 1. The largest absolute Gasteiger partial charge is 0.465 e. The molecule has 2 aromatic heterocycles. The Bertz CT molecular complexity index is 1220. The zero-order valence-corrected chi connectivity index (χ0v) is 16.0. The number of esters is 1. The number of benzene rings is 2. The summed E-state index contributed by atoms with van der Waals surface area (Å²) < 4.78 is 24.8. The molecule has 0 aliphatic heterocycles. The topological polar surface area (TPSA) is 100 Å². The van der Waals surface area contributed by atoms with E-state index in [1.807, 2.05) is 18.2 Å². The molecule has 0 bridgehead atoms. The Hall–Kier alpha value is -4.40. The Balaban J connectivity index is 1.61. The number of furan rings is 1. The Labute approximate surface area is 175 Å². The average molecular weight is 418 g/mol. The molecule has 9 heteroatoms. The Morgan fingerprint density at radius 1 is 1.03 bits per heavy atom. The SMILES string of the molecule is O=C(OCC(=O)c1ccc(F)cc1)/C(=C/c1ccco1)n1nnnc1-c1ccccc1. The van der Waals surface area contributed by atoms with Crippen molar-refractivity contribution in [2.24, 2.45) is 0 Å². The molecule has 154 valence electrons. The molecule has 0 saturated carbocycles. The van der Waals surface area contributed by atoms with Crippen LogP contribution in [0.4, 0.5) is 4.39 Å². The summed E-state index contributed by atoms with van der Waals surface area (Å²) in [5.74, 6) is -1.11. The second-order valence-electron chi connectivity index (χ2n) is 6.33. The van der Waals surface area contributed by atoms with Crippen LogP contribution in [0.25, 0.3) is 23.2 Å². The summed E-state index contributed by atoms with van der Waals surface area (Å²) in [6.07, 6.45) is 2.86. The smallest absolute Gasteiger partial charge is 0.357 e. The summed E-state index contributed by atoms with van der Waals surface area (Å²) in [7, 11) is 0. The number of hydrogen-bond acceptors (Lipinski definition) is 7. The lowest BCUT2D eigenvalue weighted by Crippen LogP contribution is -2.19. The zero-order chi connectivity index (χ0) is 21.6. The Morgan fingerprint density at radius 3 is 2.52 bits per heavy atom. The fourth-order valence-corrected chi connectivity index (χ4v) is 2.76. The van der Waals surface area contributed by atoms with Crippen molar-refractivity contribution in [1.29, 1.82) is 0 Å². The van der Waals surface area contributed by atoms with E-state index in [0.29, 0.717) is 17.1 Å². The lowest BCUT2D eigenvalue weighted by atomic mass is 10.1. The standard InChI is InChI=1S/C22H15FN4O4/c23-17-10-8-15(9-11-17)20(28)14-31-22(29)19(13-18-7-4-12-30-18)27-21(24-25-26-27)16-5-2-1-3-6-16/h1-13H,14H2/b19-13-. The normalized spacial score (nSPS) is 11.3. The number of ketones is 1. The van der Waals surface area contributed by atoms with Crippen molar-refractivity contribution in [1.82, 2.24) is 20.2 Å². The van der Waals surface area contributed by atoms with Gasteiger partial charge in [-0.2, -0.15) is 4.68 Å². The molecule has 0 aliphatic carbocycles. The molecular formula is C22H15FN4O4. The summed E-state index contributed by atoms with van der Waals surface area (Å²) in [4.78, 5) is 25.2. The summed E-state index contributed by atoms with van der Waals surface area (Å²) in [6.45, 7) is -0.539. The number of tetrazole rings is 1. The lowest BCUT2D eigenvalue weighted by molar-refractivity contribution is -0.136. The maximum atomic E-state index is 13.1. The molecule has 0 amide bonds. The van der Waals surface area contributed by atoms with Crippen molar-refractivity contribution in [3.05, 3.63) is 90.1 Å². The van der Waals surface area contributed by atoms with Crippen molar-refractivity contribution >= 4 is 23.5 Å². The Morgan fingerprint density at radius 2 is 1.81 bits per heavy atom. The van der Waals surface area contributed by atoms with Crippen LogP contribution >= 0.6 is 0 Å². The van der Waals surface area contributed by atoms with Crippen LogP contribution in [-0.2, 0) is 9.53 Å². The van der Waals surface area contributed by atoms with Gasteiger partial charge in [-0.05, 0) is 46.8 Å². The molecule has 2 heterocycles. The van der Waals surface area contributed by atoms with Gasteiger partial charge in [-0.25, -0.2) is 9.18 Å². The van der Waals surface area contributed by atoms with E-state index in [0.717, 1.165) is 12.1 Å². The molecule has 0 unspecified atom stereocenters. The number of carbonyl (C=O) groups is 2. The van der Waals surface area contributed by atoms with Crippen molar-refractivity contribution in [2.75, 3.05) is 6.61 Å². The van der Waals surface area contributed by atoms with Crippen molar-refractivity contribution in [2.45, 2.75) is 0 Å². The predicted molar refractivity (Wildman–Crippen MR) is 108 cm³/mol. The number of nitrogens with zero attached hydrogens (tertiary/aromatic N) is 4. The highest BCUT2D eigenvalue weighted by Crippen LogP contribution is 2.21. The molecule has 0 atom stereocenters. The maximum absolute atomic E-state index is 13.1. The number of hydrogen-bond donors (Lipinski definition) is 0. The summed E-state index contributed by atoms with van der Waals surface area (Å²) in [5.41, 5.74) is 0.844. The third kappa shape index (κ3) is 4.61. The minimum Gasteiger partial charge on any atom is -0.465 e. The van der Waals surface area contributed by atoms with Crippen LogP contribution in [0.1, 0.15) is 16.1 Å². The third-order valence-corrected chi connectivity index (χ3v) is 4.26. The van der Waals surface area contributed by atoms with Gasteiger partial charge in [0, 0.05) is 17.2 Å². The molecule has 0 radical (unpaired) electrons. The van der Waals surface area contributed by atoms with E-state index < -0.39 is 24.2 Å². The first kappa shape index (κ1) is 19.9. The third-order valence-electron chi connectivity index (χ3n) is 4.26. The van der Waals surface area contributed by atoms with Crippen LogP contribution < -0.4 is 0 Å². The predicted octanol–water partition coefficient (Wildman–Crippen LogP) is 3.50. The van der Waals surface area contributed by atoms with E-state index in [2.05, 4.69) is 15.5 Å². The van der Waals surface area contributed by atoms with Gasteiger partial charge in [-0.3, -0.25) is 4.79 Å². The van der Waals surface area contributed by atoms with Gasteiger partial charge in [0.2, 0.25) is 0 Å². The second-order valence-corrected chi connectivity index (χ2v) is 6.33. The van der Waals surface area contributed by atoms with E-state index >= 15 is 0 Å². The van der Waals surface area contributed by atoms with E-state index in [1.165, 1.54) is 29.2 Å². The summed E-state index contributed by atoms with van der Waals surface area (Å²) >= 11 is 0. The second kappa shape index (κ2) is 8.95. The van der Waals surface area contributed by atoms with Crippen LogP contribution in [0.5, 0.6) is 0 Å². The van der Waals surface area contributed by atoms with Crippen molar-refractivity contribution in [3.63, 3.8) is 0 Å². The molecule has 4 aromatic rings. The first-order valence-electron chi connectivity index (χ1n) is 9.17. The fourth-order valence-electron chi connectivity index (χ4n) is 2.76. The van der Waals surface area contributed by atoms with E-state index in [4.69, 9.17) is 9.15 Å². The van der Waals surface area contributed by atoms with Gasteiger partial charge >= 0.3 is 5.97 Å². The van der Waals surface area contributed by atoms with Crippen LogP contribution in [-0.4, -0.2) is 38.6 Å². The minimum absolute atomic E-state index is 0.0503. The zero-order valence-electron chi connectivity index (χ0n) is 16.0. The quantitative estimate of drug-likeness (QED) is 0.257. The van der Waals surface area contributed by atoms with Gasteiger partial charge in [0.15, 0.2) is 23.9 Å². The lowest BCUT2D eigenvalue weighted by Gasteiger charge is -2.09. The molecular weight excluding hydrogens is 403 g/mol. The van der Waals surface area contributed by atoms with Gasteiger partial charge in [0.05, 0.1) is 6.26 Å². The number of aromatic nitrogens is 4. The molecule has 0 spiro atoms. The molecule has 4 rings (SSSR count). The molecule has 0 fully saturated rings. The van der Waals surface area contributed by atoms with Gasteiger partial charge < -0.3 is 9.15 Å². The number of rotatable bonds is 7. The number of halogens is 1. The average Bonchev–Trinajstić information content (AvgIpc) is 3.49. The molecule has 31 heavy (non-hydrogen) atoms. The van der Waals surface area contributed by atoms with Gasteiger partial charge in [0.25, 0.3) is 0 Å². The van der Waals surface area contributed by atoms with Gasteiger partial charge in [-0.15, -0.1) is 5.10 Å². The number of ether oxygens (including phenoxy) is 1. The first-order valence-corrected chi connectivity index (χ1v) is 9.17. The van der Waals surface area contributed by atoms with E-state index in [-0.39, 0.29) is 11.3 Å². The number of carbonyl (C=O) groups excluding carboxylic acids is 2. The monoisotopic (exact) mass is 418 g/mol. The molecule has 0 aliphatic rings. The highest BCUT2D eigenvalue weighted by atomic mass is 19.1. The van der Waals surface area contributed by atoms with Crippen LogP contribution in [0.3, 0.4) is 0 Å². The first-order chi connectivity index (χ1) is 15.1. The van der Waals surface area contributed by atoms with Crippen molar-refractivity contribution in [3.8, 4) is 11.4 Å². The van der Waals surface area contributed by atoms with E-state index in [1.54, 1.807) is 24.3 Å². The fraction of sp³-hybridized carbons (Fsp3) is 0.0455. The molecule has 2 aromatic carbocycles.